The van der Waals surface area contributed by atoms with Crippen LogP contribution < -0.4 is 16.0 Å². The summed E-state index contributed by atoms with van der Waals surface area (Å²) in [7, 11) is 1.68. The van der Waals surface area contributed by atoms with Crippen molar-refractivity contribution < 1.29 is 13.0 Å². The van der Waals surface area contributed by atoms with Crippen molar-refractivity contribution in [1.82, 2.24) is 14.5 Å². The van der Waals surface area contributed by atoms with Gasteiger partial charge in [-0.1, -0.05) is 40.3 Å². The quantitative estimate of drug-likeness (QED) is 0.188. The van der Waals surface area contributed by atoms with Crippen LogP contribution >= 0.6 is 12.3 Å². The Morgan fingerprint density at radius 3 is 2.58 bits per heavy atom. The zero-order valence-corrected chi connectivity index (χ0v) is 25.1. The molecule has 0 bridgehead atoms. The Morgan fingerprint density at radius 2 is 1.97 bits per heavy atom. The summed E-state index contributed by atoms with van der Waals surface area (Å²) in [6, 6.07) is 1.72. The van der Waals surface area contributed by atoms with E-state index in [1.54, 1.807) is 20.0 Å². The summed E-state index contributed by atoms with van der Waals surface area (Å²) in [4.78, 5) is 0. The van der Waals surface area contributed by atoms with Crippen molar-refractivity contribution in [2.45, 2.75) is 67.2 Å². The first-order chi connectivity index (χ1) is 18.3. The number of hydrogen-bond acceptors (Lipinski definition) is 6. The highest BCUT2D eigenvalue weighted by Gasteiger charge is 2.26. The third-order valence-electron chi connectivity index (χ3n) is 6.27. The third-order valence-corrected chi connectivity index (χ3v) is 6.70. The van der Waals surface area contributed by atoms with Gasteiger partial charge in [0.2, 0.25) is 0 Å². The molecule has 1 unspecified atom stereocenters. The molecular weight excluding hydrogens is 504 g/mol. The van der Waals surface area contributed by atoms with E-state index in [-0.39, 0.29) is 18.2 Å². The lowest BCUT2D eigenvalue weighted by molar-refractivity contribution is 0.137. The van der Waals surface area contributed by atoms with E-state index < -0.39 is 0 Å². The topological polar surface area (TPSA) is 63.1 Å². The first-order valence-corrected chi connectivity index (χ1v) is 14.2. The summed E-state index contributed by atoms with van der Waals surface area (Å²) >= 11 is 0.120. The van der Waals surface area contributed by atoms with Crippen LogP contribution in [0.4, 0.5) is 19.7 Å². The molecule has 1 aromatic carbocycles. The van der Waals surface area contributed by atoms with Gasteiger partial charge in [-0.2, -0.15) is 9.19 Å². The minimum atomic E-state index is -0.259. The lowest BCUT2D eigenvalue weighted by Crippen LogP contribution is -2.19. The molecule has 1 aliphatic carbocycles. The number of benzene rings is 1. The predicted molar refractivity (Wildman–Crippen MR) is 161 cm³/mol. The Bertz CT molecular complexity index is 1030. The van der Waals surface area contributed by atoms with Crippen molar-refractivity contribution in [2.75, 3.05) is 44.0 Å². The number of aromatic nitrogens is 2. The molecule has 1 aliphatic rings. The summed E-state index contributed by atoms with van der Waals surface area (Å²) in [6.45, 7) is 23.1. The zero-order chi connectivity index (χ0) is 28.7. The normalized spacial score (nSPS) is 13.9. The van der Waals surface area contributed by atoms with Gasteiger partial charge in [0.05, 0.1) is 23.7 Å². The summed E-state index contributed by atoms with van der Waals surface area (Å²) < 4.78 is 34.1. The number of fused-ring (bicyclic) bond motifs is 1. The van der Waals surface area contributed by atoms with E-state index in [1.807, 2.05) is 26.8 Å². The Morgan fingerprint density at radius 1 is 1.26 bits per heavy atom. The lowest BCUT2D eigenvalue weighted by Gasteiger charge is -2.20. The van der Waals surface area contributed by atoms with E-state index in [9.17, 15) is 8.28 Å². The fraction of sp³-hybridized carbons (Fsp3) is 0.552. The maximum absolute atomic E-state index is 14.2. The minimum absolute atomic E-state index is 0.120. The maximum atomic E-state index is 14.2. The van der Waals surface area contributed by atoms with Gasteiger partial charge in [0.1, 0.15) is 11.5 Å². The molecule has 1 aromatic heterocycles. The van der Waals surface area contributed by atoms with Crippen LogP contribution in [0.3, 0.4) is 0 Å². The standard InChI is InChI=1S/C19H24F2N4S.C8H17NO.C2H6/c1-10-6-7-17-14(8-10)19(24-25(17)26-21)13(4)23-15-9-16(22-5)18(20)12(3)11(15)2;1-3-5-9-6-8-10-7-4-2;1-2/h9-10,22-23H,4,6-8H2,1-3,5H3;3,9H,1,4-8H2,2H3;1-2H3. The average Bonchev–Trinajstić information content (AvgIpc) is 3.30. The van der Waals surface area contributed by atoms with Gasteiger partial charge in [-0.3, -0.25) is 0 Å². The van der Waals surface area contributed by atoms with Crippen LogP contribution in [0.2, 0.25) is 0 Å². The Hall–Kier alpha value is -2.36. The van der Waals surface area contributed by atoms with Crippen LogP contribution in [0.25, 0.3) is 5.70 Å². The molecule has 0 spiro atoms. The minimum Gasteiger partial charge on any atom is -0.386 e. The molecule has 3 N–H and O–H groups in total. The molecule has 0 saturated carbocycles. The molecule has 1 atom stereocenters. The van der Waals surface area contributed by atoms with E-state index in [0.29, 0.717) is 28.6 Å². The van der Waals surface area contributed by atoms with Crippen LogP contribution in [0.1, 0.15) is 68.6 Å². The molecule has 9 heteroatoms. The van der Waals surface area contributed by atoms with Gasteiger partial charge in [0.15, 0.2) is 12.3 Å². The first kappa shape index (κ1) is 33.7. The summed E-state index contributed by atoms with van der Waals surface area (Å²) in [6.07, 6.45) is 5.64. The van der Waals surface area contributed by atoms with Gasteiger partial charge in [0.25, 0.3) is 0 Å². The molecule has 6 nitrogen and oxygen atoms in total. The molecule has 0 fully saturated rings. The molecule has 3 rings (SSSR count). The largest absolute Gasteiger partial charge is 0.386 e. The highest BCUT2D eigenvalue weighted by atomic mass is 32.2. The zero-order valence-electron chi connectivity index (χ0n) is 24.3. The third kappa shape index (κ3) is 9.43. The van der Waals surface area contributed by atoms with Crippen molar-refractivity contribution in [3.8, 4) is 0 Å². The van der Waals surface area contributed by atoms with Gasteiger partial charge in [-0.15, -0.1) is 10.5 Å². The Labute approximate surface area is 233 Å². The number of ether oxygens (including phenoxy) is 1. The van der Waals surface area contributed by atoms with Crippen molar-refractivity contribution in [2.24, 2.45) is 5.92 Å². The van der Waals surface area contributed by atoms with E-state index in [1.165, 1.54) is 4.09 Å². The van der Waals surface area contributed by atoms with E-state index in [2.05, 4.69) is 48.1 Å². The fourth-order valence-electron chi connectivity index (χ4n) is 4.07. The molecule has 0 radical (unpaired) electrons. The second-order valence-electron chi connectivity index (χ2n) is 9.06. The average molecular weight is 552 g/mol. The molecular formula is C29H47F2N5OS. The van der Waals surface area contributed by atoms with Gasteiger partial charge in [-0.25, -0.2) is 4.39 Å². The van der Waals surface area contributed by atoms with E-state index in [4.69, 9.17) is 4.74 Å². The Balaban J connectivity index is 0.000000510. The SMILES string of the molecule is C=C(Nc1cc(NC)c(F)c(C)c1C)c1nn(SF)c2c1CC(C)CC2.C=CCNCCOCCC.CC. The second kappa shape index (κ2) is 18.0. The van der Waals surface area contributed by atoms with Crippen LogP contribution in [-0.2, 0) is 17.6 Å². The van der Waals surface area contributed by atoms with Crippen molar-refractivity contribution in [3.63, 3.8) is 0 Å². The van der Waals surface area contributed by atoms with Crippen LogP contribution in [0, 0.1) is 25.6 Å². The van der Waals surface area contributed by atoms with E-state index >= 15 is 0 Å². The maximum Gasteiger partial charge on any atom is 0.187 e. The van der Waals surface area contributed by atoms with Crippen LogP contribution in [0.5, 0.6) is 0 Å². The molecule has 1 heterocycles. The molecule has 0 aliphatic heterocycles. The number of anilines is 2. The number of nitrogens with one attached hydrogen (secondary N) is 3. The lowest BCUT2D eigenvalue weighted by atomic mass is 9.87. The van der Waals surface area contributed by atoms with Crippen LogP contribution in [0.15, 0.2) is 25.3 Å². The van der Waals surface area contributed by atoms with Crippen molar-refractivity contribution in [1.29, 1.82) is 0 Å². The summed E-state index contributed by atoms with van der Waals surface area (Å²) in [5.41, 5.74) is 5.83. The summed E-state index contributed by atoms with van der Waals surface area (Å²) in [5, 5.41) is 13.7. The van der Waals surface area contributed by atoms with Gasteiger partial charge in [-0.05, 0) is 62.6 Å². The molecule has 0 saturated heterocycles. The molecule has 0 amide bonds. The van der Waals surface area contributed by atoms with Crippen LogP contribution in [-0.4, -0.2) is 42.5 Å². The monoisotopic (exact) mass is 551 g/mol. The number of rotatable bonds is 12. The highest BCUT2D eigenvalue weighted by Crippen LogP contribution is 2.35. The fourth-order valence-corrected chi connectivity index (χ4v) is 4.47. The first-order valence-electron chi connectivity index (χ1n) is 13.5. The Kier molecular flexibility index (Phi) is 16.0. The molecule has 38 heavy (non-hydrogen) atoms. The van der Waals surface area contributed by atoms with Gasteiger partial charge in [0, 0.05) is 38.0 Å². The van der Waals surface area contributed by atoms with E-state index in [0.717, 1.165) is 74.5 Å². The summed E-state index contributed by atoms with van der Waals surface area (Å²) in [5.74, 6) is 0.271. The van der Waals surface area contributed by atoms with Crippen molar-refractivity contribution in [3.05, 3.63) is 59.2 Å². The highest BCUT2D eigenvalue weighted by molar-refractivity contribution is 7.92. The van der Waals surface area contributed by atoms with Gasteiger partial charge >= 0.3 is 0 Å². The number of nitrogens with zero attached hydrogens (tertiary/aromatic N) is 2. The molecule has 214 valence electrons. The molecule has 2 aromatic rings. The number of hydrogen-bond donors (Lipinski definition) is 3. The number of halogens is 2. The van der Waals surface area contributed by atoms with Crippen molar-refractivity contribution >= 4 is 29.4 Å². The van der Waals surface area contributed by atoms with Gasteiger partial charge < -0.3 is 20.7 Å². The smallest absolute Gasteiger partial charge is 0.187 e. The predicted octanol–water partition coefficient (Wildman–Crippen LogP) is 7.48. The second-order valence-corrected chi connectivity index (χ2v) is 9.54.